The van der Waals surface area contributed by atoms with Crippen LogP contribution in [0.15, 0.2) is 84.9 Å². The summed E-state index contributed by atoms with van der Waals surface area (Å²) in [5.74, 6) is -4.03. The van der Waals surface area contributed by atoms with E-state index in [2.05, 4.69) is 55.4 Å². The van der Waals surface area contributed by atoms with Gasteiger partial charge in [0.05, 0.1) is 18.9 Å². The van der Waals surface area contributed by atoms with Crippen LogP contribution in [0.2, 0.25) is 0 Å². The van der Waals surface area contributed by atoms with Crippen LogP contribution in [0.3, 0.4) is 0 Å². The van der Waals surface area contributed by atoms with Gasteiger partial charge in [-0.1, -0.05) is 78.9 Å². The highest BCUT2D eigenvalue weighted by Crippen LogP contribution is 2.21. The number of nitrogens with two attached hydrogens (primary N) is 1. The van der Waals surface area contributed by atoms with Crippen molar-refractivity contribution in [3.8, 4) is 5.75 Å². The highest BCUT2D eigenvalue weighted by atomic mass is 16.5. The summed E-state index contributed by atoms with van der Waals surface area (Å²) in [6.45, 7) is 3.44. The van der Waals surface area contributed by atoms with E-state index >= 15 is 0 Å². The molecule has 0 aliphatic rings. The molecule has 0 saturated heterocycles. The van der Waals surface area contributed by atoms with Crippen LogP contribution in [0.1, 0.15) is 42.6 Å². The van der Waals surface area contributed by atoms with Crippen molar-refractivity contribution in [1.82, 2.24) is 4.90 Å². The number of rotatable bonds is 13. The molecule has 3 rings (SSSR count). The first-order chi connectivity index (χ1) is 20.2. The average molecular weight is 599 g/mol. The molecule has 3 aromatic rings. The maximum Gasteiger partial charge on any atom is 0.336 e. The quantitative estimate of drug-likeness (QED) is 0.169. The Morgan fingerprint density at radius 3 is 1.79 bits per heavy atom. The number of hydrogen-bond acceptors (Lipinski definition) is 8. The van der Waals surface area contributed by atoms with Crippen LogP contribution in [0.5, 0.6) is 5.75 Å². The van der Waals surface area contributed by atoms with E-state index in [9.17, 15) is 19.5 Å². The Kier molecular flexibility index (Phi) is 16.2. The van der Waals surface area contributed by atoms with Crippen molar-refractivity contribution in [3.63, 3.8) is 0 Å². The fraction of sp³-hybridized carbons (Fsp3) is 0.344. The van der Waals surface area contributed by atoms with Crippen LogP contribution in [0.25, 0.3) is 0 Å². The number of carbonyl (C=O) groups is 3. The van der Waals surface area contributed by atoms with Gasteiger partial charge in [-0.2, -0.15) is 0 Å². The molecule has 11 nitrogen and oxygen atoms in total. The van der Waals surface area contributed by atoms with Crippen molar-refractivity contribution in [1.29, 1.82) is 0 Å². The zero-order valence-corrected chi connectivity index (χ0v) is 24.7. The van der Waals surface area contributed by atoms with Crippen molar-refractivity contribution in [2.75, 3.05) is 27.2 Å². The first-order valence-electron chi connectivity index (χ1n) is 13.5. The van der Waals surface area contributed by atoms with E-state index < -0.39 is 42.5 Å². The molecule has 0 spiro atoms. The molecule has 0 radical (unpaired) electrons. The number of aliphatic carboxylic acids is 3. The van der Waals surface area contributed by atoms with Crippen molar-refractivity contribution < 1.29 is 44.7 Å². The van der Waals surface area contributed by atoms with Gasteiger partial charge in [-0.25, -0.2) is 4.79 Å². The lowest BCUT2D eigenvalue weighted by atomic mass is 9.96. The highest BCUT2D eigenvalue weighted by Gasteiger charge is 2.40. The molecular formula is C32H42N2O9. The first kappa shape index (κ1) is 36.7. The number of nitrogens with zero attached hydrogens (tertiary/aromatic N) is 1. The van der Waals surface area contributed by atoms with E-state index in [1.54, 1.807) is 6.92 Å². The smallest absolute Gasteiger partial charge is 0.336 e. The van der Waals surface area contributed by atoms with Crippen LogP contribution in [0.4, 0.5) is 0 Å². The molecule has 0 amide bonds. The van der Waals surface area contributed by atoms with Gasteiger partial charge < -0.3 is 40.9 Å². The minimum Gasteiger partial charge on any atom is -0.492 e. The van der Waals surface area contributed by atoms with Gasteiger partial charge in [0.1, 0.15) is 12.4 Å². The van der Waals surface area contributed by atoms with Crippen LogP contribution >= 0.6 is 0 Å². The second-order valence-corrected chi connectivity index (χ2v) is 10.1. The summed E-state index contributed by atoms with van der Waals surface area (Å²) in [6, 6.07) is 28.0. The van der Waals surface area contributed by atoms with E-state index in [0.29, 0.717) is 0 Å². The number of likely N-dealkylation sites (N-methyl/N-ethyl adjacent to an activating group) is 1. The Hall–Kier alpha value is -4.29. The maximum absolute atomic E-state index is 10.3. The molecule has 0 heterocycles. The summed E-state index contributed by atoms with van der Waals surface area (Å²) in [6.07, 6.45) is -1.92. The van der Waals surface area contributed by atoms with E-state index in [0.717, 1.165) is 30.9 Å². The number of para-hydroxylation sites is 1. The predicted octanol–water partition coefficient (Wildman–Crippen LogP) is 3.04. The topological polar surface area (TPSA) is 191 Å². The monoisotopic (exact) mass is 598 g/mol. The molecule has 0 aromatic heterocycles. The minimum atomic E-state index is -2.74. The van der Waals surface area contributed by atoms with Crippen molar-refractivity contribution in [3.05, 3.63) is 102 Å². The summed E-state index contributed by atoms with van der Waals surface area (Å²) in [5.41, 5.74) is 6.21. The highest BCUT2D eigenvalue weighted by molar-refractivity contribution is 5.88. The second-order valence-electron chi connectivity index (χ2n) is 10.1. The maximum atomic E-state index is 10.3. The number of hydrogen-bond donors (Lipinski definition) is 6. The Labute approximate surface area is 251 Å². The zero-order valence-electron chi connectivity index (χ0n) is 24.7. The molecule has 3 aromatic carbocycles. The van der Waals surface area contributed by atoms with Gasteiger partial charge in [-0.15, -0.1) is 0 Å². The van der Waals surface area contributed by atoms with Crippen molar-refractivity contribution >= 4 is 17.9 Å². The average Bonchev–Trinajstić information content (AvgIpc) is 2.94. The number of ether oxygens (including phenoxy) is 1. The van der Waals surface area contributed by atoms with E-state index in [1.165, 1.54) is 11.1 Å². The number of aliphatic hydroxyl groups excluding tert-OH is 1. The molecule has 7 N–H and O–H groups in total. The van der Waals surface area contributed by atoms with Gasteiger partial charge in [0, 0.05) is 19.0 Å². The molecule has 43 heavy (non-hydrogen) atoms. The summed E-state index contributed by atoms with van der Waals surface area (Å²) in [5, 5.41) is 43.3. The Morgan fingerprint density at radius 1 is 0.837 bits per heavy atom. The van der Waals surface area contributed by atoms with E-state index in [-0.39, 0.29) is 6.04 Å². The van der Waals surface area contributed by atoms with Gasteiger partial charge in [0.25, 0.3) is 0 Å². The van der Waals surface area contributed by atoms with Gasteiger partial charge in [0.15, 0.2) is 5.60 Å². The fourth-order valence-electron chi connectivity index (χ4n) is 3.61. The lowest BCUT2D eigenvalue weighted by Gasteiger charge is -2.18. The molecule has 11 heteroatoms. The van der Waals surface area contributed by atoms with Gasteiger partial charge in [-0.05, 0) is 43.8 Å². The van der Waals surface area contributed by atoms with E-state index in [4.69, 9.17) is 30.9 Å². The molecule has 234 valence electrons. The number of aliphatic hydroxyl groups is 2. The SMILES string of the molecule is CN(C)CCOc1ccccc1Cc1ccccc1.C[C@@H](N)[C@@H](O)c1ccccc1.O=C(O)CC(O)(CC(=O)O)C(=O)O. The van der Waals surface area contributed by atoms with Gasteiger partial charge in [-0.3, -0.25) is 9.59 Å². The summed E-state index contributed by atoms with van der Waals surface area (Å²) in [4.78, 5) is 32.6. The van der Waals surface area contributed by atoms with Crippen molar-refractivity contribution in [2.45, 2.75) is 43.9 Å². The number of carboxylic acid groups (broad SMARTS) is 3. The van der Waals surface area contributed by atoms with Crippen LogP contribution in [-0.4, -0.2) is 87.2 Å². The molecule has 0 saturated carbocycles. The van der Waals surface area contributed by atoms with Crippen LogP contribution in [-0.2, 0) is 20.8 Å². The minimum absolute atomic E-state index is 0.211. The second kappa shape index (κ2) is 19.0. The summed E-state index contributed by atoms with van der Waals surface area (Å²) < 4.78 is 5.88. The standard InChI is InChI=1S/C17H21NO.C9H13NO.C6H8O7/c1-18(2)12-13-19-17-11-7-6-10-16(17)14-15-8-4-3-5-9-15;1-7(10)9(11)8-5-3-2-4-6-8;7-3(8)1-6(13,5(11)12)2-4(9)10/h3-11H,12-14H2,1-2H3;2-7,9,11H,10H2,1H3;13H,1-2H2,(H,7,8)(H,9,10)(H,11,12)/t;7-,9-;/m.1./s1. The predicted molar refractivity (Wildman–Crippen MR) is 162 cm³/mol. The first-order valence-corrected chi connectivity index (χ1v) is 13.5. The van der Waals surface area contributed by atoms with Gasteiger partial charge >= 0.3 is 17.9 Å². The largest absolute Gasteiger partial charge is 0.492 e. The van der Waals surface area contributed by atoms with Crippen molar-refractivity contribution in [2.24, 2.45) is 5.73 Å². The summed E-state index contributed by atoms with van der Waals surface area (Å²) >= 11 is 0. The third-order valence-corrected chi connectivity index (χ3v) is 5.93. The number of carboxylic acids is 3. The Morgan fingerprint density at radius 2 is 1.33 bits per heavy atom. The van der Waals surface area contributed by atoms with Crippen LogP contribution < -0.4 is 10.5 Å². The Balaban J connectivity index is 0.000000339. The lowest BCUT2D eigenvalue weighted by molar-refractivity contribution is -0.170. The zero-order chi connectivity index (χ0) is 32.4. The molecule has 0 bridgehead atoms. The fourth-order valence-corrected chi connectivity index (χ4v) is 3.61. The Bertz CT molecular complexity index is 1240. The van der Waals surface area contributed by atoms with Gasteiger partial charge in [0.2, 0.25) is 0 Å². The third-order valence-electron chi connectivity index (χ3n) is 5.93. The molecule has 0 fully saturated rings. The number of benzene rings is 3. The lowest BCUT2D eigenvalue weighted by Crippen LogP contribution is -2.42. The normalized spacial score (nSPS) is 12.1. The molecule has 2 atom stereocenters. The van der Waals surface area contributed by atoms with Crippen LogP contribution in [0, 0.1) is 0 Å². The third kappa shape index (κ3) is 15.0. The molecule has 0 aliphatic heterocycles. The van der Waals surface area contributed by atoms with E-state index in [1.807, 2.05) is 48.5 Å². The molecule has 0 unspecified atom stereocenters. The summed E-state index contributed by atoms with van der Waals surface area (Å²) in [7, 11) is 4.11. The molecule has 0 aliphatic carbocycles. The molecular weight excluding hydrogens is 556 g/mol.